The van der Waals surface area contributed by atoms with Crippen LogP contribution in [0.4, 0.5) is 22.0 Å². The molecule has 0 unspecified atom stereocenters. The number of hydrogen-bond acceptors (Lipinski definition) is 4. The van der Waals surface area contributed by atoms with Gasteiger partial charge in [0, 0.05) is 0 Å². The second kappa shape index (κ2) is 4.20. The van der Waals surface area contributed by atoms with E-state index >= 15 is 0 Å². The number of aromatic nitrogens is 4. The maximum absolute atomic E-state index is 13.6. The van der Waals surface area contributed by atoms with Gasteiger partial charge in [0.1, 0.15) is 0 Å². The molecule has 0 fully saturated rings. The fraction of sp³-hybridized carbons (Fsp3) is 0.100. The topological polar surface area (TPSA) is 43.1 Å². The van der Waals surface area contributed by atoms with E-state index in [0.717, 1.165) is 10.6 Å². The van der Waals surface area contributed by atoms with Crippen LogP contribution in [0.2, 0.25) is 0 Å². The molecule has 0 saturated carbocycles. The molecule has 0 saturated heterocycles. The van der Waals surface area contributed by atoms with Crippen LogP contribution in [0, 0.1) is 11.6 Å². The van der Waals surface area contributed by atoms with E-state index in [0.29, 0.717) is 0 Å². The third-order valence-electron chi connectivity index (χ3n) is 2.43. The van der Waals surface area contributed by atoms with Gasteiger partial charge in [-0.1, -0.05) is 17.4 Å². The van der Waals surface area contributed by atoms with Crippen molar-refractivity contribution in [1.82, 2.24) is 19.8 Å². The summed E-state index contributed by atoms with van der Waals surface area (Å²) in [6, 6.07) is 3.28. The van der Waals surface area contributed by atoms with Crippen LogP contribution in [0.25, 0.3) is 16.3 Å². The molecule has 3 rings (SSSR count). The highest BCUT2D eigenvalue weighted by Gasteiger charge is 2.36. The molecule has 104 valence electrons. The number of fused-ring (bicyclic) bond motifs is 1. The van der Waals surface area contributed by atoms with Gasteiger partial charge >= 0.3 is 6.18 Å². The van der Waals surface area contributed by atoms with Crippen LogP contribution >= 0.6 is 11.3 Å². The van der Waals surface area contributed by atoms with E-state index in [1.807, 2.05) is 0 Å². The minimum atomic E-state index is -4.64. The highest BCUT2D eigenvalue weighted by atomic mass is 32.1. The van der Waals surface area contributed by atoms with Crippen LogP contribution in [-0.2, 0) is 6.18 Å². The summed E-state index contributed by atoms with van der Waals surface area (Å²) >= 11 is 0.267. The molecule has 0 spiro atoms. The molecule has 20 heavy (non-hydrogen) atoms. The first-order valence-electron chi connectivity index (χ1n) is 5.12. The van der Waals surface area contributed by atoms with Crippen molar-refractivity contribution in [2.75, 3.05) is 0 Å². The van der Waals surface area contributed by atoms with Crippen molar-refractivity contribution >= 4 is 16.3 Å². The normalized spacial score (nSPS) is 12.2. The zero-order chi connectivity index (χ0) is 14.5. The Labute approximate surface area is 111 Å². The van der Waals surface area contributed by atoms with Crippen LogP contribution in [0.1, 0.15) is 5.01 Å². The summed E-state index contributed by atoms with van der Waals surface area (Å²) in [6.07, 6.45) is -4.64. The molecule has 0 aliphatic heterocycles. The van der Waals surface area contributed by atoms with Crippen LogP contribution in [0.15, 0.2) is 18.2 Å². The summed E-state index contributed by atoms with van der Waals surface area (Å²) in [4.78, 5) is -0.156. The van der Waals surface area contributed by atoms with E-state index in [-0.39, 0.29) is 27.7 Å². The maximum atomic E-state index is 13.6. The third-order valence-corrected chi connectivity index (χ3v) is 3.37. The summed E-state index contributed by atoms with van der Waals surface area (Å²) in [5, 5.41) is 9.17. The lowest BCUT2D eigenvalue weighted by atomic mass is 10.2. The Morgan fingerprint density at radius 2 is 1.85 bits per heavy atom. The number of hydrogen-bond donors (Lipinski definition) is 0. The zero-order valence-corrected chi connectivity index (χ0v) is 10.1. The van der Waals surface area contributed by atoms with Crippen LogP contribution < -0.4 is 0 Å². The van der Waals surface area contributed by atoms with Gasteiger partial charge in [-0.15, -0.1) is 15.3 Å². The standard InChI is InChI=1S/C10H3F5N4S/c11-5-3-1-2-4(6(5)12)7-16-17-9-19(7)18-8(20-9)10(13,14)15/h1-3H. The van der Waals surface area contributed by atoms with Gasteiger partial charge in [-0.2, -0.15) is 17.7 Å². The molecular weight excluding hydrogens is 303 g/mol. The Kier molecular flexibility index (Phi) is 2.71. The Morgan fingerprint density at radius 3 is 2.55 bits per heavy atom. The van der Waals surface area contributed by atoms with Crippen molar-refractivity contribution in [3.05, 3.63) is 34.8 Å². The van der Waals surface area contributed by atoms with Gasteiger partial charge in [0.15, 0.2) is 17.5 Å². The summed E-state index contributed by atoms with van der Waals surface area (Å²) in [5.74, 6) is -2.64. The molecule has 2 heterocycles. The van der Waals surface area contributed by atoms with E-state index < -0.39 is 22.8 Å². The fourth-order valence-electron chi connectivity index (χ4n) is 1.58. The van der Waals surface area contributed by atoms with Crippen molar-refractivity contribution in [3.63, 3.8) is 0 Å². The molecule has 2 aromatic heterocycles. The molecular formula is C10H3F5N4S. The second-order valence-electron chi connectivity index (χ2n) is 3.72. The van der Waals surface area contributed by atoms with E-state index in [9.17, 15) is 22.0 Å². The highest BCUT2D eigenvalue weighted by Crippen LogP contribution is 2.34. The summed E-state index contributed by atoms with van der Waals surface area (Å²) < 4.78 is 65.1. The number of rotatable bonds is 1. The first-order valence-corrected chi connectivity index (χ1v) is 5.93. The van der Waals surface area contributed by atoms with Crippen molar-refractivity contribution in [2.45, 2.75) is 6.18 Å². The zero-order valence-electron chi connectivity index (χ0n) is 9.32. The quantitative estimate of drug-likeness (QED) is 0.649. The van der Waals surface area contributed by atoms with Gasteiger partial charge in [0.05, 0.1) is 5.56 Å². The Morgan fingerprint density at radius 1 is 1.10 bits per heavy atom. The largest absolute Gasteiger partial charge is 0.445 e. The summed E-state index contributed by atoms with van der Waals surface area (Å²) in [5.41, 5.74) is -0.309. The number of alkyl halides is 3. The van der Waals surface area contributed by atoms with Gasteiger partial charge in [0.25, 0.3) is 0 Å². The highest BCUT2D eigenvalue weighted by molar-refractivity contribution is 7.16. The minimum absolute atomic E-state index is 0.156. The van der Waals surface area contributed by atoms with Gasteiger partial charge in [-0.25, -0.2) is 8.78 Å². The Hall–Kier alpha value is -2.10. The van der Waals surface area contributed by atoms with Crippen molar-refractivity contribution in [3.8, 4) is 11.4 Å². The van der Waals surface area contributed by atoms with Crippen LogP contribution in [0.5, 0.6) is 0 Å². The molecule has 0 aliphatic rings. The Balaban J connectivity index is 2.22. The molecule has 0 N–H and O–H groups in total. The number of benzene rings is 1. The van der Waals surface area contributed by atoms with E-state index in [4.69, 9.17) is 0 Å². The molecule has 0 amide bonds. The average molecular weight is 306 g/mol. The molecule has 0 bridgehead atoms. The van der Waals surface area contributed by atoms with Gasteiger partial charge in [-0.3, -0.25) is 0 Å². The average Bonchev–Trinajstić information content (AvgIpc) is 2.92. The molecule has 10 heteroatoms. The van der Waals surface area contributed by atoms with Crippen molar-refractivity contribution < 1.29 is 22.0 Å². The van der Waals surface area contributed by atoms with Crippen molar-refractivity contribution in [2.24, 2.45) is 0 Å². The molecule has 0 aliphatic carbocycles. The predicted octanol–water partition coefficient (Wildman–Crippen LogP) is 3.15. The lowest BCUT2D eigenvalue weighted by Gasteiger charge is -2.01. The SMILES string of the molecule is Fc1cccc(-c2nnc3sc(C(F)(F)F)nn23)c1F. The number of nitrogens with zero attached hydrogens (tertiary/aromatic N) is 4. The predicted molar refractivity (Wildman–Crippen MR) is 59.0 cm³/mol. The maximum Gasteiger partial charge on any atom is 0.445 e. The van der Waals surface area contributed by atoms with Crippen molar-refractivity contribution in [1.29, 1.82) is 0 Å². The molecule has 3 aromatic rings. The van der Waals surface area contributed by atoms with E-state index in [1.165, 1.54) is 12.1 Å². The number of halogens is 5. The molecule has 4 nitrogen and oxygen atoms in total. The molecule has 1 aromatic carbocycles. The lowest BCUT2D eigenvalue weighted by Crippen LogP contribution is -2.05. The van der Waals surface area contributed by atoms with Gasteiger partial charge in [0.2, 0.25) is 9.97 Å². The summed E-state index contributed by atoms with van der Waals surface area (Å²) in [6.45, 7) is 0. The smallest absolute Gasteiger partial charge is 0.204 e. The van der Waals surface area contributed by atoms with Crippen LogP contribution in [-0.4, -0.2) is 19.8 Å². The lowest BCUT2D eigenvalue weighted by molar-refractivity contribution is -0.138. The van der Waals surface area contributed by atoms with Crippen LogP contribution in [0.3, 0.4) is 0 Å². The minimum Gasteiger partial charge on any atom is -0.204 e. The van der Waals surface area contributed by atoms with Gasteiger partial charge in [-0.05, 0) is 12.1 Å². The summed E-state index contributed by atoms with van der Waals surface area (Å²) in [7, 11) is 0. The van der Waals surface area contributed by atoms with E-state index in [1.54, 1.807) is 0 Å². The molecule has 0 radical (unpaired) electrons. The fourth-order valence-corrected chi connectivity index (χ4v) is 2.28. The monoisotopic (exact) mass is 306 g/mol. The first kappa shape index (κ1) is 12.9. The molecule has 0 atom stereocenters. The van der Waals surface area contributed by atoms with Gasteiger partial charge < -0.3 is 0 Å². The third kappa shape index (κ3) is 1.92. The second-order valence-corrected chi connectivity index (χ2v) is 4.68. The first-order chi connectivity index (χ1) is 9.38. The Bertz CT molecular complexity index is 791. The van der Waals surface area contributed by atoms with E-state index in [2.05, 4.69) is 15.3 Å².